The van der Waals surface area contributed by atoms with Crippen molar-refractivity contribution in [2.24, 2.45) is 5.41 Å². The molecule has 0 aliphatic carbocycles. The van der Waals surface area contributed by atoms with Crippen LogP contribution in [0.3, 0.4) is 0 Å². The molecule has 0 N–H and O–H groups in total. The molecule has 2 saturated heterocycles. The Morgan fingerprint density at radius 1 is 0.972 bits per heavy atom. The van der Waals surface area contributed by atoms with Gasteiger partial charge in [0.2, 0.25) is 15.9 Å². The van der Waals surface area contributed by atoms with Crippen molar-refractivity contribution < 1.29 is 35.9 Å². The second-order valence-corrected chi connectivity index (χ2v) is 11.1. The summed E-state index contributed by atoms with van der Waals surface area (Å²) in [5.41, 5.74) is -1.62. The summed E-state index contributed by atoms with van der Waals surface area (Å²) in [5, 5.41) is 0. The maximum atomic E-state index is 13.2. The van der Waals surface area contributed by atoms with E-state index in [1.807, 2.05) is 30.3 Å². The zero-order valence-electron chi connectivity index (χ0n) is 19.7. The van der Waals surface area contributed by atoms with Gasteiger partial charge in [0.05, 0.1) is 30.3 Å². The zero-order chi connectivity index (χ0) is 25.8. The van der Waals surface area contributed by atoms with Crippen LogP contribution in [-0.4, -0.2) is 69.5 Å². The average molecular weight is 527 g/mol. The quantitative estimate of drug-likeness (QED) is 0.549. The summed E-state index contributed by atoms with van der Waals surface area (Å²) in [7, 11) is -4.13. The maximum absolute atomic E-state index is 13.2. The van der Waals surface area contributed by atoms with E-state index in [0.717, 1.165) is 12.1 Å². The van der Waals surface area contributed by atoms with Crippen LogP contribution in [0.4, 0.5) is 13.2 Å². The third kappa shape index (κ3) is 6.19. The van der Waals surface area contributed by atoms with E-state index in [4.69, 9.17) is 9.47 Å². The van der Waals surface area contributed by atoms with Crippen molar-refractivity contribution in [2.75, 3.05) is 46.0 Å². The number of sulfonamides is 1. The lowest BCUT2D eigenvalue weighted by Gasteiger charge is -2.41. The Kier molecular flexibility index (Phi) is 7.91. The van der Waals surface area contributed by atoms with Crippen LogP contribution in [0.1, 0.15) is 24.8 Å². The summed E-state index contributed by atoms with van der Waals surface area (Å²) in [6.07, 6.45) is -3.77. The summed E-state index contributed by atoms with van der Waals surface area (Å²) in [6, 6.07) is 12.9. The number of hydrogen-bond donors (Lipinski definition) is 0. The molecule has 2 heterocycles. The van der Waals surface area contributed by atoms with E-state index in [1.54, 1.807) is 4.90 Å². The highest BCUT2D eigenvalue weighted by Crippen LogP contribution is 2.39. The minimum atomic E-state index is -4.64. The number of benzene rings is 2. The molecule has 11 heteroatoms. The van der Waals surface area contributed by atoms with Crippen molar-refractivity contribution in [2.45, 2.75) is 30.3 Å². The Morgan fingerprint density at radius 3 is 2.28 bits per heavy atom. The summed E-state index contributed by atoms with van der Waals surface area (Å²) >= 11 is 0. The second-order valence-electron chi connectivity index (χ2n) is 9.20. The fourth-order valence-corrected chi connectivity index (χ4v) is 6.04. The normalized spacial score (nSPS) is 19.1. The topological polar surface area (TPSA) is 76.2 Å². The number of alkyl halides is 3. The maximum Gasteiger partial charge on any atom is 0.416 e. The van der Waals surface area contributed by atoms with Gasteiger partial charge in [-0.25, -0.2) is 8.42 Å². The molecule has 4 rings (SSSR count). The lowest BCUT2D eigenvalue weighted by Crippen LogP contribution is -2.49. The van der Waals surface area contributed by atoms with Crippen molar-refractivity contribution in [3.8, 4) is 5.75 Å². The van der Waals surface area contributed by atoms with Crippen LogP contribution >= 0.6 is 0 Å². The first-order valence-corrected chi connectivity index (χ1v) is 13.2. The predicted molar refractivity (Wildman–Crippen MR) is 126 cm³/mol. The van der Waals surface area contributed by atoms with Gasteiger partial charge in [0.15, 0.2) is 0 Å². The molecule has 0 spiro atoms. The molecule has 0 bridgehead atoms. The third-order valence-corrected chi connectivity index (χ3v) is 8.66. The van der Waals surface area contributed by atoms with E-state index >= 15 is 0 Å². The molecular formula is C25H29F3N2O5S. The minimum Gasteiger partial charge on any atom is -0.493 e. The van der Waals surface area contributed by atoms with Crippen molar-refractivity contribution in [1.29, 1.82) is 0 Å². The molecule has 196 valence electrons. The molecule has 0 unspecified atom stereocenters. The van der Waals surface area contributed by atoms with Crippen molar-refractivity contribution in [3.05, 3.63) is 60.2 Å². The van der Waals surface area contributed by atoms with E-state index < -0.39 is 32.1 Å². The molecule has 2 aliphatic rings. The highest BCUT2D eigenvalue weighted by molar-refractivity contribution is 7.89. The number of hydrogen-bond acceptors (Lipinski definition) is 5. The number of ether oxygens (including phenoxy) is 2. The monoisotopic (exact) mass is 526 g/mol. The molecule has 2 aromatic rings. The van der Waals surface area contributed by atoms with Crippen LogP contribution in [0.15, 0.2) is 59.5 Å². The lowest BCUT2D eigenvalue weighted by molar-refractivity contribution is -0.139. The van der Waals surface area contributed by atoms with Gasteiger partial charge in [0, 0.05) is 38.0 Å². The van der Waals surface area contributed by atoms with Gasteiger partial charge < -0.3 is 14.4 Å². The van der Waals surface area contributed by atoms with Crippen LogP contribution in [0.25, 0.3) is 0 Å². The van der Waals surface area contributed by atoms with Gasteiger partial charge >= 0.3 is 6.18 Å². The van der Waals surface area contributed by atoms with E-state index in [9.17, 15) is 26.4 Å². The number of rotatable bonds is 7. The van der Waals surface area contributed by atoms with Gasteiger partial charge in [0.1, 0.15) is 5.75 Å². The summed E-state index contributed by atoms with van der Waals surface area (Å²) in [6.45, 7) is 2.34. The summed E-state index contributed by atoms with van der Waals surface area (Å²) in [5.74, 6) is 0.610. The summed E-state index contributed by atoms with van der Waals surface area (Å²) in [4.78, 5) is 14.4. The highest BCUT2D eigenvalue weighted by Gasteiger charge is 2.42. The Balaban J connectivity index is 1.50. The Morgan fingerprint density at radius 2 is 1.64 bits per heavy atom. The molecule has 2 fully saturated rings. The second kappa shape index (κ2) is 10.8. The van der Waals surface area contributed by atoms with Crippen LogP contribution in [0.2, 0.25) is 0 Å². The highest BCUT2D eigenvalue weighted by atomic mass is 32.2. The fourth-order valence-electron chi connectivity index (χ4n) is 4.55. The van der Waals surface area contributed by atoms with E-state index in [-0.39, 0.29) is 32.0 Å². The van der Waals surface area contributed by atoms with Gasteiger partial charge in [-0.2, -0.15) is 17.5 Å². The van der Waals surface area contributed by atoms with Crippen molar-refractivity contribution >= 4 is 15.9 Å². The zero-order valence-corrected chi connectivity index (χ0v) is 20.6. The van der Waals surface area contributed by atoms with Crippen LogP contribution in [0, 0.1) is 5.41 Å². The van der Waals surface area contributed by atoms with Crippen LogP contribution in [0.5, 0.6) is 5.75 Å². The van der Waals surface area contributed by atoms with Gasteiger partial charge in [-0.1, -0.05) is 24.3 Å². The number of piperidine rings is 1. The SMILES string of the molecule is O=C(CC1(COc2ccccc2)CCN(S(=O)(=O)c2cccc(C(F)(F)F)c2)CC1)N1CCOCC1. The molecule has 0 radical (unpaired) electrons. The number of carbonyl (C=O) groups excluding carboxylic acids is 1. The first-order chi connectivity index (χ1) is 17.1. The standard InChI is InChI=1S/C25H29F3N2O5S/c26-25(27,28)20-5-4-8-22(17-20)36(32,33)30-11-9-24(10-12-30,19-35-21-6-2-1-3-7-21)18-23(31)29-13-15-34-16-14-29/h1-8,17H,9-16,18-19H2. The summed E-state index contributed by atoms with van der Waals surface area (Å²) < 4.78 is 78.3. The molecule has 0 atom stereocenters. The molecule has 2 aliphatic heterocycles. The van der Waals surface area contributed by atoms with E-state index in [2.05, 4.69) is 0 Å². The van der Waals surface area contributed by atoms with Crippen LogP contribution in [-0.2, 0) is 25.7 Å². The number of para-hydroxylation sites is 1. The number of morpholine rings is 1. The molecule has 2 aromatic carbocycles. The number of amides is 1. The number of halogens is 3. The Hall–Kier alpha value is -2.63. The molecular weight excluding hydrogens is 497 g/mol. The number of nitrogens with zero attached hydrogens (tertiary/aromatic N) is 2. The molecule has 7 nitrogen and oxygen atoms in total. The van der Waals surface area contributed by atoms with Gasteiger partial charge in [-0.05, 0) is 43.2 Å². The molecule has 36 heavy (non-hydrogen) atoms. The fraction of sp³-hybridized carbons (Fsp3) is 0.480. The van der Waals surface area contributed by atoms with Gasteiger partial charge in [0.25, 0.3) is 0 Å². The van der Waals surface area contributed by atoms with Crippen molar-refractivity contribution in [1.82, 2.24) is 9.21 Å². The number of carbonyl (C=O) groups is 1. The largest absolute Gasteiger partial charge is 0.493 e. The first kappa shape index (κ1) is 26.4. The Bertz CT molecular complexity index is 1140. The van der Waals surface area contributed by atoms with Gasteiger partial charge in [-0.3, -0.25) is 4.79 Å². The smallest absolute Gasteiger partial charge is 0.416 e. The Labute approximate surface area is 208 Å². The van der Waals surface area contributed by atoms with Crippen LogP contribution < -0.4 is 4.74 Å². The minimum absolute atomic E-state index is 0.0378. The van der Waals surface area contributed by atoms with E-state index in [0.29, 0.717) is 51.0 Å². The molecule has 0 saturated carbocycles. The van der Waals surface area contributed by atoms with Gasteiger partial charge in [-0.15, -0.1) is 0 Å². The predicted octanol–water partition coefficient (Wildman–Crippen LogP) is 3.80. The first-order valence-electron chi connectivity index (χ1n) is 11.8. The van der Waals surface area contributed by atoms with E-state index in [1.165, 1.54) is 10.4 Å². The van der Waals surface area contributed by atoms with Crippen molar-refractivity contribution in [3.63, 3.8) is 0 Å². The molecule has 0 aromatic heterocycles. The average Bonchev–Trinajstić information content (AvgIpc) is 2.88. The molecule has 1 amide bonds. The third-order valence-electron chi connectivity index (χ3n) is 6.76. The lowest BCUT2D eigenvalue weighted by atomic mass is 9.76.